The molecule has 1 saturated heterocycles. The van der Waals surface area contributed by atoms with Crippen LogP contribution in [-0.2, 0) is 16.3 Å². The van der Waals surface area contributed by atoms with E-state index < -0.39 is 5.91 Å². The number of aromatic hydroxyl groups is 1. The summed E-state index contributed by atoms with van der Waals surface area (Å²) in [6, 6.07) is 12.8. The summed E-state index contributed by atoms with van der Waals surface area (Å²) in [5, 5.41) is 23.8. The van der Waals surface area contributed by atoms with E-state index in [-0.39, 0.29) is 18.2 Å². The first-order chi connectivity index (χ1) is 16.5. The first kappa shape index (κ1) is 24.4. The quantitative estimate of drug-likeness (QED) is 0.215. The third kappa shape index (κ3) is 6.02. The number of fused-ring (bicyclic) bond motifs is 1. The number of carbonyl (C=O) groups excluding carboxylic acids is 1. The number of halogens is 2. The number of aromatic nitrogens is 1. The zero-order valence-electron chi connectivity index (χ0n) is 18.5. The summed E-state index contributed by atoms with van der Waals surface area (Å²) < 4.78 is 2.66. The number of carbonyl (C=O) groups is 1. The summed E-state index contributed by atoms with van der Waals surface area (Å²) in [4.78, 5) is 19.5. The van der Waals surface area contributed by atoms with Gasteiger partial charge in [0.2, 0.25) is 5.88 Å². The third-order valence-electron chi connectivity index (χ3n) is 5.63. The molecule has 0 unspecified atom stereocenters. The van der Waals surface area contributed by atoms with E-state index >= 15 is 0 Å². The lowest BCUT2D eigenvalue weighted by Crippen LogP contribution is -2.27. The Hall–Kier alpha value is -2.75. The van der Waals surface area contributed by atoms with Crippen LogP contribution in [0.3, 0.4) is 0 Å². The molecule has 178 valence electrons. The van der Waals surface area contributed by atoms with E-state index in [4.69, 9.17) is 16.4 Å². The summed E-state index contributed by atoms with van der Waals surface area (Å²) >= 11 is 9.52. The molecule has 1 aliphatic rings. The van der Waals surface area contributed by atoms with Crippen molar-refractivity contribution in [3.8, 4) is 5.88 Å². The van der Waals surface area contributed by atoms with Gasteiger partial charge < -0.3 is 9.94 Å². The molecular formula is C24H25BrClN5O3. The normalized spacial score (nSPS) is 15.4. The van der Waals surface area contributed by atoms with Gasteiger partial charge in [0, 0.05) is 20.4 Å². The SMILES string of the molecule is O=C(CO/N=C/c1ccccc1Cl)N=Nc1c(O)n(CN2CCCCCC2)c2ccc(Br)cc12. The molecule has 1 fully saturated rings. The highest BCUT2D eigenvalue weighted by atomic mass is 79.9. The van der Waals surface area contributed by atoms with Crippen LogP contribution in [0.15, 0.2) is 62.3 Å². The van der Waals surface area contributed by atoms with Gasteiger partial charge in [0.1, 0.15) is 0 Å². The van der Waals surface area contributed by atoms with Crippen LogP contribution in [0, 0.1) is 0 Å². The number of hydrogen-bond donors (Lipinski definition) is 1. The average molecular weight is 547 g/mol. The molecule has 1 N–H and O–H groups in total. The minimum Gasteiger partial charge on any atom is -0.493 e. The van der Waals surface area contributed by atoms with Crippen LogP contribution >= 0.6 is 27.5 Å². The van der Waals surface area contributed by atoms with Gasteiger partial charge in [0.05, 0.1) is 18.4 Å². The Labute approximate surface area is 211 Å². The van der Waals surface area contributed by atoms with Crippen LogP contribution in [0.4, 0.5) is 5.69 Å². The predicted molar refractivity (Wildman–Crippen MR) is 136 cm³/mol. The molecule has 4 rings (SSSR count). The summed E-state index contributed by atoms with van der Waals surface area (Å²) in [6.45, 7) is 2.13. The van der Waals surface area contributed by atoms with E-state index in [9.17, 15) is 9.90 Å². The number of benzene rings is 2. The van der Waals surface area contributed by atoms with Gasteiger partial charge in [-0.1, -0.05) is 63.7 Å². The Morgan fingerprint density at radius 2 is 1.91 bits per heavy atom. The largest absolute Gasteiger partial charge is 0.493 e. The van der Waals surface area contributed by atoms with Gasteiger partial charge in [-0.15, -0.1) is 10.2 Å². The molecule has 1 aromatic heterocycles. The minimum absolute atomic E-state index is 0.0217. The topological polar surface area (TPSA) is 91.8 Å². The fraction of sp³-hybridized carbons (Fsp3) is 0.333. The van der Waals surface area contributed by atoms with Gasteiger partial charge in [-0.2, -0.15) is 0 Å². The highest BCUT2D eigenvalue weighted by Crippen LogP contribution is 2.40. The van der Waals surface area contributed by atoms with Crippen LogP contribution in [0.5, 0.6) is 5.88 Å². The van der Waals surface area contributed by atoms with Gasteiger partial charge in [-0.3, -0.25) is 14.3 Å². The number of amides is 1. The average Bonchev–Trinajstić information content (AvgIpc) is 2.98. The standard InChI is InChI=1S/C24H25BrClN5O3/c25-18-9-10-21-19(13-18)23(24(33)31(21)16-30-11-5-1-2-6-12-30)29-28-22(32)15-34-27-14-17-7-3-4-8-20(17)26/h3-4,7-10,13-14,33H,1-2,5-6,11-12,15-16H2/b27-14+,29-28?. The second-order valence-corrected chi connectivity index (χ2v) is 9.38. The van der Waals surface area contributed by atoms with Crippen LogP contribution in [0.25, 0.3) is 10.9 Å². The van der Waals surface area contributed by atoms with Gasteiger partial charge in [0.15, 0.2) is 12.3 Å². The number of hydrogen-bond acceptors (Lipinski definition) is 6. The molecule has 0 bridgehead atoms. The predicted octanol–water partition coefficient (Wildman–Crippen LogP) is 6.26. The van der Waals surface area contributed by atoms with E-state index in [1.54, 1.807) is 12.1 Å². The zero-order chi connectivity index (χ0) is 23.9. The first-order valence-corrected chi connectivity index (χ1v) is 12.3. The molecule has 8 nitrogen and oxygen atoms in total. The maximum absolute atomic E-state index is 12.2. The van der Waals surface area contributed by atoms with Crippen molar-refractivity contribution in [2.75, 3.05) is 19.7 Å². The fourth-order valence-corrected chi connectivity index (χ4v) is 4.46. The van der Waals surface area contributed by atoms with Gasteiger partial charge in [0.25, 0.3) is 0 Å². The molecule has 10 heteroatoms. The molecule has 0 saturated carbocycles. The monoisotopic (exact) mass is 545 g/mol. The summed E-state index contributed by atoms with van der Waals surface area (Å²) in [6.07, 6.45) is 6.17. The number of azo groups is 1. The fourth-order valence-electron chi connectivity index (χ4n) is 3.92. The number of likely N-dealkylation sites (tertiary alicyclic amines) is 1. The van der Waals surface area contributed by atoms with Gasteiger partial charge in [-0.05, 0) is 50.2 Å². The van der Waals surface area contributed by atoms with Gasteiger partial charge >= 0.3 is 5.91 Å². The Balaban J connectivity index is 1.48. The van der Waals surface area contributed by atoms with Crippen molar-refractivity contribution >= 4 is 56.2 Å². The molecule has 2 heterocycles. The molecule has 1 aliphatic heterocycles. The molecule has 1 amide bonds. The van der Waals surface area contributed by atoms with Gasteiger partial charge in [-0.25, -0.2) is 0 Å². The molecule has 0 aliphatic carbocycles. The minimum atomic E-state index is -0.626. The van der Waals surface area contributed by atoms with E-state index in [2.05, 4.69) is 36.2 Å². The molecule has 0 radical (unpaired) electrons. The molecule has 0 spiro atoms. The van der Waals surface area contributed by atoms with Crippen LogP contribution in [0.2, 0.25) is 5.02 Å². The van der Waals surface area contributed by atoms with Crippen LogP contribution < -0.4 is 0 Å². The summed E-state index contributed by atoms with van der Waals surface area (Å²) in [5.74, 6) is -0.648. The Morgan fingerprint density at radius 3 is 2.68 bits per heavy atom. The van der Waals surface area contributed by atoms with Crippen LogP contribution in [-0.4, -0.2) is 46.4 Å². The second kappa shape index (κ2) is 11.6. The third-order valence-corrected chi connectivity index (χ3v) is 6.47. The van der Waals surface area contributed by atoms with Crippen molar-refractivity contribution in [2.45, 2.75) is 32.4 Å². The second-order valence-electron chi connectivity index (χ2n) is 8.06. The lowest BCUT2D eigenvalue weighted by Gasteiger charge is -2.21. The molecule has 3 aromatic rings. The van der Waals surface area contributed by atoms with E-state index in [1.807, 2.05) is 34.9 Å². The molecule has 0 atom stereocenters. The van der Waals surface area contributed by atoms with E-state index in [0.29, 0.717) is 22.6 Å². The van der Waals surface area contributed by atoms with Crippen LogP contribution in [0.1, 0.15) is 31.2 Å². The molecule has 2 aromatic carbocycles. The summed E-state index contributed by atoms with van der Waals surface area (Å²) in [7, 11) is 0. The van der Waals surface area contributed by atoms with Crippen molar-refractivity contribution < 1.29 is 14.7 Å². The summed E-state index contributed by atoms with van der Waals surface area (Å²) in [5.41, 5.74) is 1.75. The smallest absolute Gasteiger partial charge is 0.304 e. The van der Waals surface area contributed by atoms with E-state index in [0.717, 1.165) is 35.9 Å². The highest BCUT2D eigenvalue weighted by Gasteiger charge is 2.20. The Morgan fingerprint density at radius 1 is 1.15 bits per heavy atom. The maximum Gasteiger partial charge on any atom is 0.304 e. The van der Waals surface area contributed by atoms with Crippen molar-refractivity contribution in [3.05, 3.63) is 57.5 Å². The highest BCUT2D eigenvalue weighted by molar-refractivity contribution is 9.10. The molecular weight excluding hydrogens is 522 g/mol. The van der Waals surface area contributed by atoms with Crippen molar-refractivity contribution in [1.82, 2.24) is 9.47 Å². The van der Waals surface area contributed by atoms with E-state index in [1.165, 1.54) is 19.1 Å². The Bertz CT molecular complexity index is 1220. The Kier molecular flexibility index (Phi) is 8.31. The number of rotatable bonds is 7. The van der Waals surface area contributed by atoms with Crippen molar-refractivity contribution in [1.29, 1.82) is 0 Å². The molecule has 34 heavy (non-hydrogen) atoms. The van der Waals surface area contributed by atoms with Crippen molar-refractivity contribution in [2.24, 2.45) is 15.4 Å². The maximum atomic E-state index is 12.2. The lowest BCUT2D eigenvalue weighted by atomic mass is 10.2. The van der Waals surface area contributed by atoms with Crippen molar-refractivity contribution in [3.63, 3.8) is 0 Å². The zero-order valence-corrected chi connectivity index (χ0v) is 20.9. The number of nitrogens with zero attached hydrogens (tertiary/aromatic N) is 5. The first-order valence-electron chi connectivity index (χ1n) is 11.1. The lowest BCUT2D eigenvalue weighted by molar-refractivity contribution is -0.122. The number of oxime groups is 1.